The van der Waals surface area contributed by atoms with Crippen molar-refractivity contribution >= 4 is 11.8 Å². The Morgan fingerprint density at radius 2 is 2.43 bits per heavy atom. The van der Waals surface area contributed by atoms with Crippen LogP contribution in [0, 0.1) is 0 Å². The lowest BCUT2D eigenvalue weighted by atomic mass is 10.2. The Morgan fingerprint density at radius 3 is 2.86 bits per heavy atom. The van der Waals surface area contributed by atoms with Gasteiger partial charge in [-0.3, -0.25) is 20.2 Å². The van der Waals surface area contributed by atoms with Gasteiger partial charge in [0.05, 0.1) is 31.7 Å². The van der Waals surface area contributed by atoms with Crippen LogP contribution in [0.3, 0.4) is 0 Å². The summed E-state index contributed by atoms with van der Waals surface area (Å²) < 4.78 is 4.83. The molecular weight excluding hydrogens is 188 g/mol. The van der Waals surface area contributed by atoms with Crippen LogP contribution in [0.5, 0.6) is 0 Å². The van der Waals surface area contributed by atoms with Gasteiger partial charge in [-0.05, 0) is 0 Å². The van der Waals surface area contributed by atoms with Crippen molar-refractivity contribution in [3.8, 4) is 0 Å². The molecule has 1 heterocycles. The summed E-state index contributed by atoms with van der Waals surface area (Å²) in [5.41, 5.74) is 0. The quantitative estimate of drug-likeness (QED) is 0.449. The number of nitrogens with one attached hydrogen (secondary N) is 2. The first-order valence-electron chi connectivity index (χ1n) is 4.37. The van der Waals surface area contributed by atoms with Crippen LogP contribution in [0.2, 0.25) is 0 Å². The molecule has 0 saturated carbocycles. The van der Waals surface area contributed by atoms with Gasteiger partial charge in [-0.15, -0.1) is 0 Å². The predicted molar refractivity (Wildman–Crippen MR) is 47.4 cm³/mol. The predicted octanol–water partition coefficient (Wildman–Crippen LogP) is -2.00. The highest BCUT2D eigenvalue weighted by Crippen LogP contribution is 2.02. The van der Waals surface area contributed by atoms with E-state index in [4.69, 9.17) is 9.84 Å². The average molecular weight is 202 g/mol. The molecule has 1 aliphatic rings. The van der Waals surface area contributed by atoms with Crippen LogP contribution in [-0.4, -0.2) is 49.3 Å². The van der Waals surface area contributed by atoms with Gasteiger partial charge in [0.15, 0.2) is 0 Å². The molecule has 2 atom stereocenters. The second-order valence-electron chi connectivity index (χ2n) is 3.17. The van der Waals surface area contributed by atoms with E-state index in [1.165, 1.54) is 7.11 Å². The average Bonchev–Trinajstić information content (AvgIpc) is 2.44. The number of imide groups is 1. The molecule has 0 radical (unpaired) electrons. The third-order valence-corrected chi connectivity index (χ3v) is 1.99. The van der Waals surface area contributed by atoms with Crippen LogP contribution < -0.4 is 10.6 Å². The second-order valence-corrected chi connectivity index (χ2v) is 3.17. The van der Waals surface area contributed by atoms with Gasteiger partial charge in [-0.25, -0.2) is 0 Å². The normalized spacial score (nSPS) is 23.7. The van der Waals surface area contributed by atoms with Gasteiger partial charge in [0.1, 0.15) is 0 Å². The largest absolute Gasteiger partial charge is 0.395 e. The molecule has 1 saturated heterocycles. The van der Waals surface area contributed by atoms with Gasteiger partial charge in [0.25, 0.3) is 0 Å². The van der Waals surface area contributed by atoms with Crippen LogP contribution in [-0.2, 0) is 14.3 Å². The van der Waals surface area contributed by atoms with E-state index in [0.29, 0.717) is 6.61 Å². The number of ether oxygens (including phenoxy) is 1. The van der Waals surface area contributed by atoms with Crippen LogP contribution in [0.25, 0.3) is 0 Å². The van der Waals surface area contributed by atoms with Crippen molar-refractivity contribution in [1.82, 2.24) is 10.6 Å². The van der Waals surface area contributed by atoms with Crippen molar-refractivity contribution in [2.75, 3.05) is 20.3 Å². The molecule has 2 unspecified atom stereocenters. The first kappa shape index (κ1) is 11.1. The minimum Gasteiger partial charge on any atom is -0.395 e. The molecule has 1 fully saturated rings. The van der Waals surface area contributed by atoms with E-state index in [9.17, 15) is 9.59 Å². The summed E-state index contributed by atoms with van der Waals surface area (Å²) in [6.45, 7) is 0.167. The standard InChI is InChI=1S/C8H14N2O4/c1-14-4-5(3-11)9-6-2-7(12)10-8(6)13/h5-6,9,11H,2-4H2,1H3,(H,10,12,13). The van der Waals surface area contributed by atoms with Gasteiger partial charge in [-0.2, -0.15) is 0 Å². The molecule has 6 heteroatoms. The van der Waals surface area contributed by atoms with Crippen LogP contribution in [0.1, 0.15) is 6.42 Å². The maximum absolute atomic E-state index is 11.1. The Labute approximate surface area is 81.6 Å². The first-order valence-corrected chi connectivity index (χ1v) is 4.37. The molecular formula is C8H14N2O4. The summed E-state index contributed by atoms with van der Waals surface area (Å²) >= 11 is 0. The number of methoxy groups -OCH3 is 1. The Kier molecular flexibility index (Phi) is 3.99. The molecule has 0 aromatic carbocycles. The summed E-state index contributed by atoms with van der Waals surface area (Å²) in [6, 6.07) is -0.864. The number of rotatable bonds is 5. The molecule has 0 aliphatic carbocycles. The topological polar surface area (TPSA) is 87.7 Å². The van der Waals surface area contributed by atoms with Crippen LogP contribution in [0.15, 0.2) is 0 Å². The van der Waals surface area contributed by atoms with E-state index >= 15 is 0 Å². The van der Waals surface area contributed by atoms with E-state index in [2.05, 4.69) is 10.6 Å². The van der Waals surface area contributed by atoms with Gasteiger partial charge in [-0.1, -0.05) is 0 Å². The number of amides is 2. The number of hydrogen-bond donors (Lipinski definition) is 3. The van der Waals surface area contributed by atoms with Gasteiger partial charge in [0, 0.05) is 7.11 Å². The zero-order valence-corrected chi connectivity index (χ0v) is 7.95. The summed E-state index contributed by atoms with van der Waals surface area (Å²) in [4.78, 5) is 21.9. The third-order valence-electron chi connectivity index (χ3n) is 1.99. The Morgan fingerprint density at radius 1 is 1.71 bits per heavy atom. The highest BCUT2D eigenvalue weighted by molar-refractivity contribution is 6.05. The van der Waals surface area contributed by atoms with Crippen molar-refractivity contribution in [2.45, 2.75) is 18.5 Å². The fraction of sp³-hybridized carbons (Fsp3) is 0.750. The zero-order chi connectivity index (χ0) is 10.6. The highest BCUT2D eigenvalue weighted by atomic mass is 16.5. The Hall–Kier alpha value is -0.980. The minimum atomic E-state index is -0.546. The lowest BCUT2D eigenvalue weighted by Crippen LogP contribution is -2.46. The van der Waals surface area contributed by atoms with Gasteiger partial charge < -0.3 is 9.84 Å². The van der Waals surface area contributed by atoms with Crippen molar-refractivity contribution in [2.24, 2.45) is 0 Å². The van der Waals surface area contributed by atoms with E-state index in [0.717, 1.165) is 0 Å². The van der Waals surface area contributed by atoms with E-state index in [1.54, 1.807) is 0 Å². The summed E-state index contributed by atoms with van der Waals surface area (Å²) in [6.07, 6.45) is 0.124. The molecule has 0 aromatic rings. The SMILES string of the molecule is COCC(CO)NC1CC(=O)NC1=O. The maximum atomic E-state index is 11.1. The maximum Gasteiger partial charge on any atom is 0.244 e. The number of hydrogen-bond acceptors (Lipinski definition) is 5. The number of carbonyl (C=O) groups excluding carboxylic acids is 2. The molecule has 1 aliphatic heterocycles. The lowest BCUT2D eigenvalue weighted by Gasteiger charge is -2.17. The number of aliphatic hydroxyl groups excluding tert-OH is 1. The van der Waals surface area contributed by atoms with Crippen molar-refractivity contribution < 1.29 is 19.4 Å². The number of carbonyl (C=O) groups is 2. The fourth-order valence-electron chi connectivity index (χ4n) is 1.33. The molecule has 0 aromatic heterocycles. The van der Waals surface area contributed by atoms with Crippen LogP contribution in [0.4, 0.5) is 0 Å². The van der Waals surface area contributed by atoms with E-state index in [-0.39, 0.29) is 30.9 Å². The molecule has 0 spiro atoms. The van der Waals surface area contributed by atoms with Crippen LogP contribution >= 0.6 is 0 Å². The summed E-state index contributed by atoms with van der Waals surface area (Å²) in [5.74, 6) is -0.633. The third kappa shape index (κ3) is 2.76. The van der Waals surface area contributed by atoms with Gasteiger partial charge >= 0.3 is 0 Å². The molecule has 6 nitrogen and oxygen atoms in total. The molecule has 0 bridgehead atoms. The zero-order valence-electron chi connectivity index (χ0n) is 7.95. The first-order chi connectivity index (χ1) is 6.67. The van der Waals surface area contributed by atoms with E-state index < -0.39 is 6.04 Å². The van der Waals surface area contributed by atoms with Crippen molar-refractivity contribution in [3.05, 3.63) is 0 Å². The van der Waals surface area contributed by atoms with Crippen molar-refractivity contribution in [1.29, 1.82) is 0 Å². The molecule has 1 rings (SSSR count). The van der Waals surface area contributed by atoms with E-state index in [1.807, 2.05) is 0 Å². The van der Waals surface area contributed by atoms with Crippen molar-refractivity contribution in [3.63, 3.8) is 0 Å². The highest BCUT2D eigenvalue weighted by Gasteiger charge is 2.31. The smallest absolute Gasteiger partial charge is 0.244 e. The number of aliphatic hydroxyl groups is 1. The molecule has 14 heavy (non-hydrogen) atoms. The Balaban J connectivity index is 2.42. The van der Waals surface area contributed by atoms with Gasteiger partial charge in [0.2, 0.25) is 11.8 Å². The fourth-order valence-corrected chi connectivity index (χ4v) is 1.33. The molecule has 2 amide bonds. The summed E-state index contributed by atoms with van der Waals surface area (Å²) in [7, 11) is 1.50. The minimum absolute atomic E-state index is 0.124. The monoisotopic (exact) mass is 202 g/mol. The lowest BCUT2D eigenvalue weighted by molar-refractivity contribution is -0.125. The Bertz CT molecular complexity index is 231. The molecule has 80 valence electrons. The second kappa shape index (κ2) is 5.04. The summed E-state index contributed by atoms with van der Waals surface area (Å²) in [5, 5.41) is 13.9. The molecule has 3 N–H and O–H groups in total.